The lowest BCUT2D eigenvalue weighted by Crippen LogP contribution is -2.43. The second-order valence-electron chi connectivity index (χ2n) is 8.57. The van der Waals surface area contributed by atoms with Crippen molar-refractivity contribution < 1.29 is 13.2 Å². The second-order valence-corrected chi connectivity index (χ2v) is 11.9. The zero-order chi connectivity index (χ0) is 25.1. The first-order valence-electron chi connectivity index (χ1n) is 11.6. The molecule has 1 N–H and O–H groups in total. The first-order valence-corrected chi connectivity index (χ1v) is 14.2. The summed E-state index contributed by atoms with van der Waals surface area (Å²) in [6.07, 6.45) is 1.22. The summed E-state index contributed by atoms with van der Waals surface area (Å²) in [7, 11) is -3.71. The van der Waals surface area contributed by atoms with Crippen LogP contribution in [0.3, 0.4) is 0 Å². The van der Waals surface area contributed by atoms with Gasteiger partial charge in [0.25, 0.3) is 0 Å². The molecule has 0 bridgehead atoms. The van der Waals surface area contributed by atoms with E-state index in [0.29, 0.717) is 29.5 Å². The number of nitrogens with one attached hydrogen (secondary N) is 1. The number of halogens is 1. The molecular formula is C27H24ClN3O3S2. The Morgan fingerprint density at radius 1 is 0.944 bits per heavy atom. The molecule has 0 spiro atoms. The second kappa shape index (κ2) is 10.5. The fraction of sp³-hybridized carbons (Fsp3) is 0.185. The number of hydrogen-bond acceptors (Lipinski definition) is 5. The molecule has 1 saturated heterocycles. The van der Waals surface area contributed by atoms with Crippen molar-refractivity contribution in [3.63, 3.8) is 0 Å². The Hall–Kier alpha value is -3.04. The van der Waals surface area contributed by atoms with E-state index in [-0.39, 0.29) is 17.3 Å². The van der Waals surface area contributed by atoms with Gasteiger partial charge in [-0.15, -0.1) is 0 Å². The molecule has 1 amide bonds. The van der Waals surface area contributed by atoms with E-state index in [1.54, 1.807) is 12.1 Å². The number of carbonyl (C=O) groups excluding carboxylic acids is 1. The van der Waals surface area contributed by atoms with Crippen molar-refractivity contribution >= 4 is 44.0 Å². The van der Waals surface area contributed by atoms with Gasteiger partial charge in [-0.2, -0.15) is 4.31 Å². The van der Waals surface area contributed by atoms with Gasteiger partial charge in [0, 0.05) is 23.7 Å². The third-order valence-corrected chi connectivity index (χ3v) is 9.30. The van der Waals surface area contributed by atoms with E-state index < -0.39 is 15.9 Å². The van der Waals surface area contributed by atoms with E-state index in [0.717, 1.165) is 21.7 Å². The predicted molar refractivity (Wildman–Crippen MR) is 145 cm³/mol. The minimum Gasteiger partial charge on any atom is -0.302 e. The highest BCUT2D eigenvalue weighted by Gasteiger charge is 2.33. The molecule has 184 valence electrons. The summed E-state index contributed by atoms with van der Waals surface area (Å²) in [6.45, 7) is 0.502. The van der Waals surface area contributed by atoms with Crippen LogP contribution in [0.1, 0.15) is 12.8 Å². The van der Waals surface area contributed by atoms with Crippen molar-refractivity contribution in [2.75, 3.05) is 18.4 Å². The fourth-order valence-electron chi connectivity index (χ4n) is 4.29. The first kappa shape index (κ1) is 24.6. The lowest BCUT2D eigenvalue weighted by atomic mass is 9.99. The molecular weight excluding hydrogens is 514 g/mol. The van der Waals surface area contributed by atoms with E-state index in [9.17, 15) is 13.2 Å². The number of sulfonamides is 1. The predicted octanol–water partition coefficient (Wildman–Crippen LogP) is 6.17. The molecule has 1 aliphatic rings. The van der Waals surface area contributed by atoms with E-state index in [1.807, 2.05) is 60.7 Å². The van der Waals surface area contributed by atoms with Crippen LogP contribution in [0, 0.1) is 5.92 Å². The standard InChI is InChI=1S/C27H24ClN3O3S2/c28-22-13-15-23(16-14-22)36(33,34)31-17-7-12-21(18-31)26(32)30-27-29-24(19-8-3-1-4-9-19)25(35-27)20-10-5-2-6-11-20/h1-6,8-11,13-16,21H,7,12,17-18H2,(H,29,30,32). The molecule has 6 nitrogen and oxygen atoms in total. The highest BCUT2D eigenvalue weighted by Crippen LogP contribution is 2.39. The average Bonchev–Trinajstić information content (AvgIpc) is 3.34. The largest absolute Gasteiger partial charge is 0.302 e. The van der Waals surface area contributed by atoms with Gasteiger partial charge in [-0.25, -0.2) is 13.4 Å². The highest BCUT2D eigenvalue weighted by molar-refractivity contribution is 7.89. The summed E-state index contributed by atoms with van der Waals surface area (Å²) in [5.41, 5.74) is 2.79. The molecule has 5 rings (SSSR count). The van der Waals surface area contributed by atoms with Gasteiger partial charge in [-0.3, -0.25) is 4.79 Å². The number of rotatable bonds is 6. The Labute approximate surface area is 219 Å². The lowest BCUT2D eigenvalue weighted by molar-refractivity contribution is -0.120. The van der Waals surface area contributed by atoms with E-state index in [2.05, 4.69) is 5.32 Å². The monoisotopic (exact) mass is 537 g/mol. The molecule has 4 aromatic rings. The summed E-state index contributed by atoms with van der Waals surface area (Å²) in [6, 6.07) is 25.9. The van der Waals surface area contributed by atoms with Crippen LogP contribution in [0.15, 0.2) is 89.8 Å². The lowest BCUT2D eigenvalue weighted by Gasteiger charge is -2.31. The maximum absolute atomic E-state index is 13.2. The number of hydrogen-bond donors (Lipinski definition) is 1. The smallest absolute Gasteiger partial charge is 0.243 e. The zero-order valence-electron chi connectivity index (χ0n) is 19.3. The number of aromatic nitrogens is 1. The number of nitrogens with zero attached hydrogens (tertiary/aromatic N) is 2. The van der Waals surface area contributed by atoms with E-state index in [1.165, 1.54) is 27.8 Å². The van der Waals surface area contributed by atoms with Gasteiger partial charge in [0.15, 0.2) is 5.13 Å². The average molecular weight is 538 g/mol. The van der Waals surface area contributed by atoms with Crippen molar-refractivity contribution in [1.29, 1.82) is 0 Å². The van der Waals surface area contributed by atoms with Crippen molar-refractivity contribution in [3.8, 4) is 21.7 Å². The van der Waals surface area contributed by atoms with Gasteiger partial charge < -0.3 is 5.32 Å². The topological polar surface area (TPSA) is 79.4 Å². The maximum Gasteiger partial charge on any atom is 0.243 e. The molecule has 36 heavy (non-hydrogen) atoms. The number of carbonyl (C=O) groups is 1. The third kappa shape index (κ3) is 5.22. The van der Waals surface area contributed by atoms with Crippen LogP contribution < -0.4 is 5.32 Å². The summed E-state index contributed by atoms with van der Waals surface area (Å²) in [4.78, 5) is 19.1. The van der Waals surface area contributed by atoms with Crippen LogP contribution in [0.25, 0.3) is 21.7 Å². The van der Waals surface area contributed by atoms with Gasteiger partial charge >= 0.3 is 0 Å². The molecule has 3 aromatic carbocycles. The number of thiazole rings is 1. The molecule has 1 fully saturated rings. The molecule has 0 saturated carbocycles. The number of anilines is 1. The fourth-order valence-corrected chi connectivity index (χ4v) is 6.93. The van der Waals surface area contributed by atoms with Crippen LogP contribution in [0.5, 0.6) is 0 Å². The molecule has 2 heterocycles. The van der Waals surface area contributed by atoms with Crippen LogP contribution in [-0.2, 0) is 14.8 Å². The van der Waals surface area contributed by atoms with Crippen molar-refractivity contribution in [3.05, 3.63) is 90.0 Å². The Morgan fingerprint density at radius 2 is 1.58 bits per heavy atom. The Bertz CT molecular complexity index is 1400. The van der Waals surface area contributed by atoms with Crippen LogP contribution in [0.2, 0.25) is 5.02 Å². The minimum atomic E-state index is -3.71. The Balaban J connectivity index is 1.37. The molecule has 0 radical (unpaired) electrons. The number of piperidine rings is 1. The van der Waals surface area contributed by atoms with Gasteiger partial charge in [-0.1, -0.05) is 83.6 Å². The summed E-state index contributed by atoms with van der Waals surface area (Å²) >= 11 is 7.33. The third-order valence-electron chi connectivity index (χ3n) is 6.15. The van der Waals surface area contributed by atoms with Gasteiger partial charge in [0.2, 0.25) is 15.9 Å². The number of benzene rings is 3. The van der Waals surface area contributed by atoms with Gasteiger partial charge in [0.05, 0.1) is 21.4 Å². The summed E-state index contributed by atoms with van der Waals surface area (Å²) in [5, 5.41) is 3.93. The summed E-state index contributed by atoms with van der Waals surface area (Å²) in [5.74, 6) is -0.691. The SMILES string of the molecule is O=C(Nc1nc(-c2ccccc2)c(-c2ccccc2)s1)C1CCCN(S(=O)(=O)c2ccc(Cl)cc2)C1. The first-order chi connectivity index (χ1) is 17.4. The van der Waals surface area contributed by atoms with Gasteiger partial charge in [0.1, 0.15) is 0 Å². The normalized spacial score (nSPS) is 16.5. The summed E-state index contributed by atoms with van der Waals surface area (Å²) < 4.78 is 27.6. The van der Waals surface area contributed by atoms with Crippen molar-refractivity contribution in [1.82, 2.24) is 9.29 Å². The van der Waals surface area contributed by atoms with Gasteiger partial charge in [-0.05, 0) is 42.7 Å². The molecule has 0 aliphatic carbocycles. The molecule has 1 unspecified atom stereocenters. The van der Waals surface area contributed by atoms with Crippen molar-refractivity contribution in [2.24, 2.45) is 5.92 Å². The van der Waals surface area contributed by atoms with Crippen LogP contribution in [-0.4, -0.2) is 36.7 Å². The molecule has 1 atom stereocenters. The Kier molecular flexibility index (Phi) is 7.20. The van der Waals surface area contributed by atoms with Crippen LogP contribution >= 0.6 is 22.9 Å². The molecule has 9 heteroatoms. The minimum absolute atomic E-state index is 0.124. The number of amides is 1. The molecule has 1 aromatic heterocycles. The molecule has 1 aliphatic heterocycles. The van der Waals surface area contributed by atoms with E-state index >= 15 is 0 Å². The van der Waals surface area contributed by atoms with Crippen molar-refractivity contribution in [2.45, 2.75) is 17.7 Å². The quantitative estimate of drug-likeness (QED) is 0.319. The highest BCUT2D eigenvalue weighted by atomic mass is 35.5. The van der Waals surface area contributed by atoms with E-state index in [4.69, 9.17) is 16.6 Å². The Morgan fingerprint density at radius 3 is 2.25 bits per heavy atom. The zero-order valence-corrected chi connectivity index (χ0v) is 21.7. The van der Waals surface area contributed by atoms with Crippen LogP contribution in [0.4, 0.5) is 5.13 Å². The maximum atomic E-state index is 13.2.